The highest BCUT2D eigenvalue weighted by Gasteiger charge is 2.11. The van der Waals surface area contributed by atoms with E-state index in [1.165, 1.54) is 0 Å². The molecule has 5 nitrogen and oxygen atoms in total. The fraction of sp³-hybridized carbons (Fsp3) is 0.0714. The van der Waals surface area contributed by atoms with Crippen LogP contribution in [-0.2, 0) is 6.42 Å². The third kappa shape index (κ3) is 2.63. The Hall–Kier alpha value is -2.39. The number of benzene rings is 1. The highest BCUT2D eigenvalue weighted by atomic mass is 79.9. The van der Waals surface area contributed by atoms with E-state index in [0.29, 0.717) is 29.5 Å². The molecular formula is C14H9BrN4O. The largest absolute Gasteiger partial charge is 0.342 e. The molecule has 0 radical (unpaired) electrons. The van der Waals surface area contributed by atoms with Gasteiger partial charge in [0.1, 0.15) is 17.5 Å². The van der Waals surface area contributed by atoms with Crippen LogP contribution in [0.1, 0.15) is 17.1 Å². The van der Waals surface area contributed by atoms with E-state index in [1.54, 1.807) is 12.1 Å². The van der Waals surface area contributed by atoms with E-state index < -0.39 is 0 Å². The minimum absolute atomic E-state index is 0.386. The number of aromatic amines is 1. The Balaban J connectivity index is 1.82. The molecule has 0 aliphatic rings. The maximum Gasteiger partial charge on any atom is 0.274 e. The Morgan fingerprint density at radius 3 is 2.95 bits per heavy atom. The number of rotatable bonds is 3. The van der Waals surface area contributed by atoms with Gasteiger partial charge in [-0.2, -0.15) is 10.2 Å². The summed E-state index contributed by atoms with van der Waals surface area (Å²) < 4.78 is 6.21. The Morgan fingerprint density at radius 1 is 1.30 bits per heavy atom. The molecule has 0 fully saturated rings. The third-order valence-electron chi connectivity index (χ3n) is 2.76. The van der Waals surface area contributed by atoms with Gasteiger partial charge in [0, 0.05) is 10.9 Å². The molecule has 0 bridgehead atoms. The van der Waals surface area contributed by atoms with E-state index in [0.717, 1.165) is 10.0 Å². The Bertz CT molecular complexity index is 784. The molecular weight excluding hydrogens is 320 g/mol. The lowest BCUT2D eigenvalue weighted by molar-refractivity contribution is 0.423. The third-order valence-corrected chi connectivity index (χ3v) is 3.25. The molecule has 1 N–H and O–H groups in total. The van der Waals surface area contributed by atoms with Crippen molar-refractivity contribution < 1.29 is 4.52 Å². The summed E-state index contributed by atoms with van der Waals surface area (Å²) in [5.41, 5.74) is 2.21. The minimum atomic E-state index is 0.386. The molecule has 1 aromatic carbocycles. The predicted octanol–water partition coefficient (Wildman–Crippen LogP) is 3.29. The lowest BCUT2D eigenvalue weighted by Crippen LogP contribution is -1.90. The molecule has 3 aromatic rings. The summed E-state index contributed by atoms with van der Waals surface area (Å²) in [5, 5.41) is 12.7. The van der Waals surface area contributed by atoms with Gasteiger partial charge in [-0.05, 0) is 29.8 Å². The summed E-state index contributed by atoms with van der Waals surface area (Å²) in [7, 11) is 0. The van der Waals surface area contributed by atoms with Crippen molar-refractivity contribution in [2.75, 3.05) is 0 Å². The van der Waals surface area contributed by atoms with Gasteiger partial charge in [-0.3, -0.25) is 0 Å². The van der Waals surface area contributed by atoms with E-state index in [9.17, 15) is 0 Å². The van der Waals surface area contributed by atoms with Crippen molar-refractivity contribution >= 4 is 15.9 Å². The zero-order chi connectivity index (χ0) is 13.9. The van der Waals surface area contributed by atoms with Crippen molar-refractivity contribution in [1.29, 1.82) is 5.26 Å². The first-order chi connectivity index (χ1) is 9.74. The second-order valence-corrected chi connectivity index (χ2v) is 5.14. The van der Waals surface area contributed by atoms with Crippen LogP contribution in [-0.4, -0.2) is 15.1 Å². The predicted molar refractivity (Wildman–Crippen MR) is 75.7 cm³/mol. The second kappa shape index (κ2) is 5.31. The maximum atomic E-state index is 8.77. The van der Waals surface area contributed by atoms with Crippen LogP contribution in [0.3, 0.4) is 0 Å². The van der Waals surface area contributed by atoms with Crippen molar-refractivity contribution in [1.82, 2.24) is 15.1 Å². The average molecular weight is 329 g/mol. The number of nitrogens with zero attached hydrogens (tertiary/aromatic N) is 3. The van der Waals surface area contributed by atoms with Crippen molar-refractivity contribution in [3.63, 3.8) is 0 Å². The van der Waals surface area contributed by atoms with Gasteiger partial charge in [0.2, 0.25) is 0 Å². The smallest absolute Gasteiger partial charge is 0.274 e. The van der Waals surface area contributed by atoms with Gasteiger partial charge in [-0.1, -0.05) is 33.2 Å². The van der Waals surface area contributed by atoms with E-state index in [4.69, 9.17) is 9.78 Å². The topological polar surface area (TPSA) is 78.5 Å². The van der Waals surface area contributed by atoms with Crippen molar-refractivity contribution in [3.05, 3.63) is 58.0 Å². The number of aromatic nitrogens is 3. The summed E-state index contributed by atoms with van der Waals surface area (Å²) in [6.07, 6.45) is 0.592. The van der Waals surface area contributed by atoms with Gasteiger partial charge >= 0.3 is 0 Å². The lowest BCUT2D eigenvalue weighted by Gasteiger charge is -1.96. The van der Waals surface area contributed by atoms with Gasteiger partial charge in [0.25, 0.3) is 5.89 Å². The first kappa shape index (κ1) is 12.6. The van der Waals surface area contributed by atoms with E-state index in [2.05, 4.69) is 31.1 Å². The molecule has 2 aromatic heterocycles. The fourth-order valence-electron chi connectivity index (χ4n) is 1.85. The Kier molecular flexibility index (Phi) is 3.35. The number of nitrogens with one attached hydrogen (secondary N) is 1. The molecule has 0 atom stereocenters. The molecule has 0 aliphatic carbocycles. The van der Waals surface area contributed by atoms with E-state index >= 15 is 0 Å². The summed E-state index contributed by atoms with van der Waals surface area (Å²) in [6, 6.07) is 13.4. The molecule has 0 saturated heterocycles. The Morgan fingerprint density at radius 2 is 2.20 bits per heavy atom. The van der Waals surface area contributed by atoms with Crippen molar-refractivity contribution in [3.8, 4) is 17.7 Å². The molecule has 2 heterocycles. The second-order valence-electron chi connectivity index (χ2n) is 4.22. The summed E-state index contributed by atoms with van der Waals surface area (Å²) in [6.45, 7) is 0. The first-order valence-corrected chi connectivity index (χ1v) is 6.70. The SMILES string of the molecule is N#Cc1ccc(-c2nc(Cc3cccc(Br)c3)no2)[nH]1. The van der Waals surface area contributed by atoms with Crippen LogP contribution in [0.4, 0.5) is 0 Å². The number of H-pyrrole nitrogens is 1. The van der Waals surface area contributed by atoms with Crippen LogP contribution >= 0.6 is 15.9 Å². The molecule has 0 spiro atoms. The van der Waals surface area contributed by atoms with Crippen LogP contribution in [0.25, 0.3) is 11.6 Å². The Labute approximate surface area is 123 Å². The first-order valence-electron chi connectivity index (χ1n) is 5.91. The van der Waals surface area contributed by atoms with Crippen LogP contribution < -0.4 is 0 Å². The van der Waals surface area contributed by atoms with Crippen LogP contribution in [0, 0.1) is 11.3 Å². The van der Waals surface area contributed by atoms with Crippen molar-refractivity contribution in [2.24, 2.45) is 0 Å². The molecule has 3 rings (SSSR count). The van der Waals surface area contributed by atoms with Crippen LogP contribution in [0.5, 0.6) is 0 Å². The van der Waals surface area contributed by atoms with Crippen LogP contribution in [0.15, 0.2) is 45.4 Å². The molecule has 0 aliphatic heterocycles. The molecule has 20 heavy (non-hydrogen) atoms. The number of hydrogen-bond acceptors (Lipinski definition) is 4. The van der Waals surface area contributed by atoms with Crippen LogP contribution in [0.2, 0.25) is 0 Å². The molecule has 0 saturated carbocycles. The quantitative estimate of drug-likeness (QED) is 0.800. The number of halogens is 1. The summed E-state index contributed by atoms with van der Waals surface area (Å²) in [4.78, 5) is 7.22. The highest BCUT2D eigenvalue weighted by Crippen LogP contribution is 2.18. The average Bonchev–Trinajstić information content (AvgIpc) is 3.07. The minimum Gasteiger partial charge on any atom is -0.342 e. The molecule has 0 amide bonds. The highest BCUT2D eigenvalue weighted by molar-refractivity contribution is 9.10. The molecule has 98 valence electrons. The fourth-order valence-corrected chi connectivity index (χ4v) is 2.30. The molecule has 0 unspecified atom stereocenters. The van der Waals surface area contributed by atoms with E-state index in [1.807, 2.05) is 30.3 Å². The zero-order valence-electron chi connectivity index (χ0n) is 10.3. The zero-order valence-corrected chi connectivity index (χ0v) is 11.9. The summed E-state index contributed by atoms with van der Waals surface area (Å²) >= 11 is 3.43. The van der Waals surface area contributed by atoms with Crippen molar-refractivity contribution in [2.45, 2.75) is 6.42 Å². The van der Waals surface area contributed by atoms with Gasteiger partial charge < -0.3 is 9.51 Å². The summed E-state index contributed by atoms with van der Waals surface area (Å²) in [5.74, 6) is 0.989. The van der Waals surface area contributed by atoms with Gasteiger partial charge in [0.15, 0.2) is 5.82 Å². The maximum absolute atomic E-state index is 8.77. The standard InChI is InChI=1S/C14H9BrN4O/c15-10-3-1-2-9(6-10)7-13-18-14(20-19-13)12-5-4-11(8-16)17-12/h1-6,17H,7H2. The normalized spacial score (nSPS) is 10.4. The van der Waals surface area contributed by atoms with Gasteiger partial charge in [0.05, 0.1) is 0 Å². The number of nitriles is 1. The lowest BCUT2D eigenvalue weighted by atomic mass is 10.1. The van der Waals surface area contributed by atoms with E-state index in [-0.39, 0.29) is 0 Å². The monoisotopic (exact) mass is 328 g/mol. The molecule has 6 heteroatoms. The van der Waals surface area contributed by atoms with Gasteiger partial charge in [-0.15, -0.1) is 0 Å². The number of hydrogen-bond donors (Lipinski definition) is 1. The van der Waals surface area contributed by atoms with Gasteiger partial charge in [-0.25, -0.2) is 0 Å².